The molecule has 0 spiro atoms. The highest BCUT2D eigenvalue weighted by Crippen LogP contribution is 2.19. The fourth-order valence-electron chi connectivity index (χ4n) is 11.6. The summed E-state index contributed by atoms with van der Waals surface area (Å²) < 4.78 is 5.52. The number of aliphatic hydroxyl groups is 2. The Bertz CT molecular complexity index is 1180. The van der Waals surface area contributed by atoms with E-state index in [1.165, 1.54) is 347 Å². The second-order valence-corrected chi connectivity index (χ2v) is 24.9. The number of allylic oxidation sites excluding steroid dienone is 1. The minimum atomic E-state index is -0.838. The lowest BCUT2D eigenvalue weighted by atomic mass is 10.0. The highest BCUT2D eigenvalue weighted by atomic mass is 16.5. The Hall–Kier alpha value is -1.40. The standard InChI is InChI=1S/C72H141NO5/c1-3-5-7-9-11-13-14-15-16-17-33-37-40-43-46-50-54-58-62-66-72(77)78-67-63-59-55-51-47-44-41-38-35-32-30-28-26-24-22-20-18-19-21-23-25-27-29-31-34-36-39-42-45-49-53-57-61-65-71(76)73-69(68-74)70(75)64-60-56-52-48-12-10-8-6-4-2/h60,64,69-70,74-75H,3-59,61-63,65-68H2,1-2H3,(H,73,76)/b64-60+. The predicted octanol–water partition coefficient (Wildman–Crippen LogP) is 23.1. The van der Waals surface area contributed by atoms with Gasteiger partial charge in [-0.2, -0.15) is 0 Å². The second kappa shape index (κ2) is 68.1. The summed E-state index contributed by atoms with van der Waals surface area (Å²) >= 11 is 0. The molecule has 0 aromatic rings. The number of esters is 1. The van der Waals surface area contributed by atoms with Gasteiger partial charge in [-0.1, -0.05) is 379 Å². The van der Waals surface area contributed by atoms with Crippen molar-refractivity contribution in [2.24, 2.45) is 0 Å². The van der Waals surface area contributed by atoms with Crippen molar-refractivity contribution in [2.45, 2.75) is 424 Å². The summed E-state index contributed by atoms with van der Waals surface area (Å²) in [6, 6.07) is -0.621. The van der Waals surface area contributed by atoms with Crippen LogP contribution in [0.15, 0.2) is 12.2 Å². The topological polar surface area (TPSA) is 95.9 Å². The minimum absolute atomic E-state index is 0.0271. The number of carbonyl (C=O) groups is 2. The summed E-state index contributed by atoms with van der Waals surface area (Å²) in [5.74, 6) is -0.0368. The van der Waals surface area contributed by atoms with E-state index in [0.29, 0.717) is 19.4 Å². The summed E-state index contributed by atoms with van der Waals surface area (Å²) in [7, 11) is 0. The number of amides is 1. The van der Waals surface area contributed by atoms with Crippen LogP contribution in [0, 0.1) is 0 Å². The van der Waals surface area contributed by atoms with Crippen LogP contribution in [-0.2, 0) is 14.3 Å². The van der Waals surface area contributed by atoms with Gasteiger partial charge < -0.3 is 20.3 Å². The van der Waals surface area contributed by atoms with Crippen LogP contribution < -0.4 is 5.32 Å². The number of unbranched alkanes of at least 4 members (excludes halogenated alkanes) is 57. The molecule has 0 heterocycles. The van der Waals surface area contributed by atoms with Crippen LogP contribution >= 0.6 is 0 Å². The molecule has 2 unspecified atom stereocenters. The van der Waals surface area contributed by atoms with Gasteiger partial charge in [-0.05, 0) is 32.1 Å². The molecular weight excluding hydrogens is 959 g/mol. The van der Waals surface area contributed by atoms with Crippen LogP contribution in [0.2, 0.25) is 0 Å². The van der Waals surface area contributed by atoms with Crippen LogP contribution in [0.3, 0.4) is 0 Å². The monoisotopic (exact) mass is 1100 g/mol. The number of carbonyl (C=O) groups excluding carboxylic acids is 2. The van der Waals surface area contributed by atoms with Crippen LogP contribution in [0.5, 0.6) is 0 Å². The molecule has 0 aromatic carbocycles. The fraction of sp³-hybridized carbons (Fsp3) is 0.944. The van der Waals surface area contributed by atoms with Crippen molar-refractivity contribution in [1.29, 1.82) is 0 Å². The molecule has 1 amide bonds. The maximum Gasteiger partial charge on any atom is 0.305 e. The van der Waals surface area contributed by atoms with Gasteiger partial charge in [0.05, 0.1) is 25.4 Å². The van der Waals surface area contributed by atoms with Crippen molar-refractivity contribution in [3.05, 3.63) is 12.2 Å². The summed E-state index contributed by atoms with van der Waals surface area (Å²) in [4.78, 5) is 24.5. The molecule has 2 atom stereocenters. The molecule has 0 bridgehead atoms. The lowest BCUT2D eigenvalue weighted by molar-refractivity contribution is -0.143. The van der Waals surface area contributed by atoms with E-state index < -0.39 is 12.1 Å². The van der Waals surface area contributed by atoms with Gasteiger partial charge in [-0.3, -0.25) is 9.59 Å². The van der Waals surface area contributed by atoms with Gasteiger partial charge in [0.25, 0.3) is 0 Å². The Morgan fingerprint density at radius 2 is 0.590 bits per heavy atom. The van der Waals surface area contributed by atoms with E-state index in [-0.39, 0.29) is 18.5 Å². The number of aliphatic hydroxyl groups excluding tert-OH is 2. The average Bonchev–Trinajstić information content (AvgIpc) is 3.44. The molecule has 0 saturated heterocycles. The quantitative estimate of drug-likeness (QED) is 0.0320. The van der Waals surface area contributed by atoms with Gasteiger partial charge in [0.15, 0.2) is 0 Å². The molecule has 78 heavy (non-hydrogen) atoms. The third kappa shape index (κ3) is 63.8. The van der Waals surface area contributed by atoms with Crippen molar-refractivity contribution in [2.75, 3.05) is 13.2 Å². The van der Waals surface area contributed by atoms with Gasteiger partial charge in [0, 0.05) is 12.8 Å². The molecule has 6 nitrogen and oxygen atoms in total. The molecule has 0 rings (SSSR count). The van der Waals surface area contributed by atoms with Gasteiger partial charge in [-0.25, -0.2) is 0 Å². The highest BCUT2D eigenvalue weighted by Gasteiger charge is 2.18. The summed E-state index contributed by atoms with van der Waals surface area (Å²) in [5, 5.41) is 23.0. The van der Waals surface area contributed by atoms with Crippen molar-refractivity contribution < 1.29 is 24.5 Å². The lowest BCUT2D eigenvalue weighted by Gasteiger charge is -2.20. The lowest BCUT2D eigenvalue weighted by Crippen LogP contribution is -2.45. The van der Waals surface area contributed by atoms with E-state index in [9.17, 15) is 19.8 Å². The molecular formula is C72H141NO5. The minimum Gasteiger partial charge on any atom is -0.466 e. The smallest absolute Gasteiger partial charge is 0.305 e. The molecule has 6 heteroatoms. The third-order valence-electron chi connectivity index (χ3n) is 17.1. The molecule has 3 N–H and O–H groups in total. The Morgan fingerprint density at radius 3 is 0.872 bits per heavy atom. The molecule has 0 aliphatic rings. The third-order valence-corrected chi connectivity index (χ3v) is 17.1. The number of hydrogen-bond donors (Lipinski definition) is 3. The first-order chi connectivity index (χ1) is 38.5. The van der Waals surface area contributed by atoms with E-state index in [4.69, 9.17) is 4.74 Å². The Labute approximate surface area is 489 Å². The first kappa shape index (κ1) is 76.6. The van der Waals surface area contributed by atoms with E-state index in [1.807, 2.05) is 6.08 Å². The van der Waals surface area contributed by atoms with Crippen LogP contribution in [0.4, 0.5) is 0 Å². The molecule has 0 aliphatic heterocycles. The zero-order valence-corrected chi connectivity index (χ0v) is 53.2. The fourth-order valence-corrected chi connectivity index (χ4v) is 11.6. The van der Waals surface area contributed by atoms with Crippen LogP contribution in [0.1, 0.15) is 412 Å². The Balaban J connectivity index is 3.27. The van der Waals surface area contributed by atoms with Crippen molar-refractivity contribution in [1.82, 2.24) is 5.32 Å². The predicted molar refractivity (Wildman–Crippen MR) is 343 cm³/mol. The van der Waals surface area contributed by atoms with E-state index in [2.05, 4.69) is 19.2 Å². The van der Waals surface area contributed by atoms with Gasteiger partial charge in [-0.15, -0.1) is 0 Å². The molecule has 0 aliphatic carbocycles. The molecule has 0 aromatic heterocycles. The van der Waals surface area contributed by atoms with Gasteiger partial charge in [0.2, 0.25) is 5.91 Å². The van der Waals surface area contributed by atoms with Crippen LogP contribution in [-0.4, -0.2) is 47.4 Å². The SMILES string of the molecule is CCCCCCCCC/C=C/C(O)C(CO)NC(=O)CCCCCCCCCCCCCCCCCCCCCCCCCCCCCCCCCCCOC(=O)CCCCCCCCCCCCCCCCCCCCC. The van der Waals surface area contributed by atoms with E-state index in [0.717, 1.165) is 38.5 Å². The zero-order chi connectivity index (χ0) is 56.4. The van der Waals surface area contributed by atoms with Crippen molar-refractivity contribution in [3.63, 3.8) is 0 Å². The molecule has 0 saturated carbocycles. The normalized spacial score (nSPS) is 12.5. The van der Waals surface area contributed by atoms with Crippen LogP contribution in [0.25, 0.3) is 0 Å². The summed E-state index contributed by atoms with van der Waals surface area (Å²) in [6.07, 6.45) is 84.7. The largest absolute Gasteiger partial charge is 0.466 e. The number of ether oxygens (including phenoxy) is 1. The average molecular weight is 1100 g/mol. The highest BCUT2D eigenvalue weighted by molar-refractivity contribution is 5.76. The first-order valence-electron chi connectivity index (χ1n) is 36.0. The first-order valence-corrected chi connectivity index (χ1v) is 36.0. The number of rotatable bonds is 68. The van der Waals surface area contributed by atoms with Gasteiger partial charge >= 0.3 is 5.97 Å². The number of hydrogen-bond acceptors (Lipinski definition) is 5. The van der Waals surface area contributed by atoms with E-state index >= 15 is 0 Å². The molecule has 0 fully saturated rings. The summed E-state index contributed by atoms with van der Waals surface area (Å²) in [5.41, 5.74) is 0. The zero-order valence-electron chi connectivity index (χ0n) is 53.2. The second-order valence-electron chi connectivity index (χ2n) is 24.9. The maximum absolute atomic E-state index is 12.4. The van der Waals surface area contributed by atoms with Crippen molar-refractivity contribution in [3.8, 4) is 0 Å². The summed E-state index contributed by atoms with van der Waals surface area (Å²) in [6.45, 7) is 4.92. The number of nitrogens with one attached hydrogen (secondary N) is 1. The Morgan fingerprint density at radius 1 is 0.346 bits per heavy atom. The maximum atomic E-state index is 12.4. The van der Waals surface area contributed by atoms with Crippen molar-refractivity contribution >= 4 is 11.9 Å². The molecule has 0 radical (unpaired) electrons. The molecule has 464 valence electrons. The Kier molecular flexibility index (Phi) is 66.9. The van der Waals surface area contributed by atoms with Gasteiger partial charge in [0.1, 0.15) is 0 Å². The van der Waals surface area contributed by atoms with E-state index in [1.54, 1.807) is 6.08 Å².